The fourth-order valence-electron chi connectivity index (χ4n) is 2.05. The Labute approximate surface area is 80.3 Å². The summed E-state index contributed by atoms with van der Waals surface area (Å²) in [5.74, 6) is 0.832. The van der Waals surface area contributed by atoms with Gasteiger partial charge in [-0.15, -0.1) is 24.8 Å². The minimum Gasteiger partial charge on any atom is -0.326 e. The number of nitrogens with zero attached hydrogens (tertiary/aromatic N) is 1. The molecule has 3 atom stereocenters. The Bertz CT molecular complexity index is 119. The van der Waals surface area contributed by atoms with Gasteiger partial charge in [0.2, 0.25) is 0 Å². The Balaban J connectivity index is 0.000000500. The maximum absolute atomic E-state index is 5.88. The van der Waals surface area contributed by atoms with E-state index in [1.54, 1.807) is 0 Å². The number of fused-ring (bicyclic) bond motifs is 2. The largest absolute Gasteiger partial charge is 0.326 e. The van der Waals surface area contributed by atoms with Gasteiger partial charge in [0, 0.05) is 19.1 Å². The lowest BCUT2D eigenvalue weighted by atomic mass is 9.98. The number of nitrogens with two attached hydrogens (primary N) is 1. The number of rotatable bonds is 0. The fourth-order valence-corrected chi connectivity index (χ4v) is 2.05. The highest BCUT2D eigenvalue weighted by molar-refractivity contribution is 5.85. The minimum atomic E-state index is 0. The second-order valence-electron chi connectivity index (χ2n) is 3.33. The summed E-state index contributed by atoms with van der Waals surface area (Å²) in [4.78, 5) is 2.48. The molecule has 0 radical (unpaired) electrons. The van der Waals surface area contributed by atoms with Crippen molar-refractivity contribution in [3.05, 3.63) is 0 Å². The number of hydrogen-bond donors (Lipinski definition) is 1. The predicted octanol–water partition coefficient (Wildman–Crippen LogP) is 0.883. The van der Waals surface area contributed by atoms with Gasteiger partial charge in [-0.25, -0.2) is 0 Å². The van der Waals surface area contributed by atoms with E-state index in [1.807, 2.05) is 0 Å². The average Bonchev–Trinajstić information content (AvgIpc) is 2.09. The van der Waals surface area contributed by atoms with Gasteiger partial charge in [-0.05, 0) is 25.3 Å². The normalized spacial score (nSPS) is 40.6. The Hall–Kier alpha value is 0.500. The van der Waals surface area contributed by atoms with Crippen LogP contribution in [0.3, 0.4) is 0 Å². The van der Waals surface area contributed by atoms with Gasteiger partial charge in [-0.3, -0.25) is 0 Å². The van der Waals surface area contributed by atoms with Crippen LogP contribution in [-0.4, -0.2) is 30.6 Å². The summed E-state index contributed by atoms with van der Waals surface area (Å²) in [6.07, 6.45) is 2.75. The standard InChI is InChI=1S/C7H14N2.2ClH/c8-7-5-9-3-1-2-6(7)4-9;;/h6-7H,1-5,8H2;2*1H. The van der Waals surface area contributed by atoms with Crippen molar-refractivity contribution in [2.24, 2.45) is 11.7 Å². The monoisotopic (exact) mass is 198 g/mol. The third-order valence-electron chi connectivity index (χ3n) is 2.62. The van der Waals surface area contributed by atoms with Crippen LogP contribution in [0.2, 0.25) is 0 Å². The van der Waals surface area contributed by atoms with Gasteiger partial charge in [-0.1, -0.05) is 0 Å². The van der Waals surface area contributed by atoms with Crippen LogP contribution in [0.1, 0.15) is 12.8 Å². The van der Waals surface area contributed by atoms with Crippen molar-refractivity contribution in [2.45, 2.75) is 18.9 Å². The Morgan fingerprint density at radius 3 is 2.45 bits per heavy atom. The lowest BCUT2D eigenvalue weighted by Gasteiger charge is -2.21. The smallest absolute Gasteiger partial charge is 0.0208 e. The van der Waals surface area contributed by atoms with Gasteiger partial charge in [0.15, 0.2) is 0 Å². The Morgan fingerprint density at radius 2 is 1.91 bits per heavy atom. The molecule has 2 saturated heterocycles. The summed E-state index contributed by atoms with van der Waals surface area (Å²) < 4.78 is 0. The Kier molecular flexibility index (Phi) is 4.71. The first-order valence-corrected chi connectivity index (χ1v) is 3.84. The van der Waals surface area contributed by atoms with Crippen molar-refractivity contribution in [1.29, 1.82) is 0 Å². The predicted molar refractivity (Wildman–Crippen MR) is 51.6 cm³/mol. The van der Waals surface area contributed by atoms with Crippen LogP contribution >= 0.6 is 24.8 Å². The number of hydrogen-bond acceptors (Lipinski definition) is 2. The van der Waals surface area contributed by atoms with E-state index in [0.717, 1.165) is 12.5 Å². The summed E-state index contributed by atoms with van der Waals surface area (Å²) in [6.45, 7) is 3.73. The SMILES string of the molecule is Cl.Cl.NC1CN2CCCC1C2. The van der Waals surface area contributed by atoms with Crippen LogP contribution in [0.4, 0.5) is 0 Å². The zero-order chi connectivity index (χ0) is 6.27. The molecule has 2 bridgehead atoms. The van der Waals surface area contributed by atoms with Crippen molar-refractivity contribution >= 4 is 24.8 Å². The fraction of sp³-hybridized carbons (Fsp3) is 1.00. The lowest BCUT2D eigenvalue weighted by Crippen LogP contribution is -2.27. The Morgan fingerprint density at radius 1 is 1.18 bits per heavy atom. The third kappa shape index (κ3) is 2.22. The first-order chi connectivity index (χ1) is 4.36. The molecule has 2 heterocycles. The molecule has 2 aliphatic rings. The van der Waals surface area contributed by atoms with Gasteiger partial charge < -0.3 is 10.6 Å². The van der Waals surface area contributed by atoms with Crippen LogP contribution in [-0.2, 0) is 0 Å². The van der Waals surface area contributed by atoms with E-state index in [0.29, 0.717) is 6.04 Å². The van der Waals surface area contributed by atoms with E-state index < -0.39 is 0 Å². The molecule has 11 heavy (non-hydrogen) atoms. The molecule has 0 aromatic carbocycles. The quantitative estimate of drug-likeness (QED) is 0.627. The van der Waals surface area contributed by atoms with Crippen molar-refractivity contribution in [3.8, 4) is 0 Å². The molecule has 0 saturated carbocycles. The lowest BCUT2D eigenvalue weighted by molar-refractivity contribution is 0.269. The van der Waals surface area contributed by atoms with E-state index in [9.17, 15) is 0 Å². The van der Waals surface area contributed by atoms with E-state index in [4.69, 9.17) is 5.73 Å². The van der Waals surface area contributed by atoms with Crippen LogP contribution in [0.15, 0.2) is 0 Å². The summed E-state index contributed by atoms with van der Waals surface area (Å²) in [7, 11) is 0. The van der Waals surface area contributed by atoms with E-state index in [-0.39, 0.29) is 24.8 Å². The third-order valence-corrected chi connectivity index (χ3v) is 2.62. The van der Waals surface area contributed by atoms with E-state index >= 15 is 0 Å². The van der Waals surface area contributed by atoms with Crippen LogP contribution in [0, 0.1) is 5.92 Å². The summed E-state index contributed by atoms with van der Waals surface area (Å²) in [6, 6.07) is 0.493. The second-order valence-corrected chi connectivity index (χ2v) is 3.33. The molecule has 4 heteroatoms. The molecular weight excluding hydrogens is 183 g/mol. The number of piperidine rings is 1. The molecule has 2 nitrogen and oxygen atoms in total. The van der Waals surface area contributed by atoms with Gasteiger partial charge in [0.05, 0.1) is 0 Å². The molecular formula is C7H16Cl2N2. The maximum atomic E-state index is 5.88. The van der Waals surface area contributed by atoms with Crippen LogP contribution in [0.5, 0.6) is 0 Å². The molecule has 68 valence electrons. The molecule has 0 aliphatic carbocycles. The van der Waals surface area contributed by atoms with Gasteiger partial charge in [-0.2, -0.15) is 0 Å². The molecule has 2 rings (SSSR count). The number of halogens is 2. The first-order valence-electron chi connectivity index (χ1n) is 3.84. The topological polar surface area (TPSA) is 29.3 Å². The summed E-state index contributed by atoms with van der Waals surface area (Å²) in [5.41, 5.74) is 5.88. The molecule has 0 amide bonds. The van der Waals surface area contributed by atoms with Gasteiger partial charge in [0.25, 0.3) is 0 Å². The van der Waals surface area contributed by atoms with Crippen molar-refractivity contribution < 1.29 is 0 Å². The molecule has 3 unspecified atom stereocenters. The zero-order valence-electron chi connectivity index (χ0n) is 6.53. The zero-order valence-corrected chi connectivity index (χ0v) is 8.16. The summed E-state index contributed by atoms with van der Waals surface area (Å²) >= 11 is 0. The molecule has 2 N–H and O–H groups in total. The highest BCUT2D eigenvalue weighted by Crippen LogP contribution is 2.25. The van der Waals surface area contributed by atoms with Gasteiger partial charge >= 0.3 is 0 Å². The summed E-state index contributed by atoms with van der Waals surface area (Å²) in [5, 5.41) is 0. The molecule has 0 spiro atoms. The van der Waals surface area contributed by atoms with Crippen molar-refractivity contribution in [1.82, 2.24) is 4.90 Å². The molecule has 0 aromatic heterocycles. The van der Waals surface area contributed by atoms with Crippen molar-refractivity contribution in [2.75, 3.05) is 19.6 Å². The van der Waals surface area contributed by atoms with E-state index in [1.165, 1.54) is 25.9 Å². The van der Waals surface area contributed by atoms with E-state index in [2.05, 4.69) is 4.90 Å². The first kappa shape index (κ1) is 11.5. The second kappa shape index (κ2) is 4.51. The highest BCUT2D eigenvalue weighted by Gasteiger charge is 2.32. The van der Waals surface area contributed by atoms with Gasteiger partial charge in [0.1, 0.15) is 0 Å². The molecule has 2 aliphatic heterocycles. The highest BCUT2D eigenvalue weighted by atomic mass is 35.5. The van der Waals surface area contributed by atoms with Crippen LogP contribution < -0.4 is 5.73 Å². The molecule has 2 fully saturated rings. The van der Waals surface area contributed by atoms with Crippen LogP contribution in [0.25, 0.3) is 0 Å². The average molecular weight is 199 g/mol. The maximum Gasteiger partial charge on any atom is 0.0208 e. The van der Waals surface area contributed by atoms with Crippen molar-refractivity contribution in [3.63, 3.8) is 0 Å². The molecule has 0 aromatic rings. The minimum absolute atomic E-state index is 0.